The van der Waals surface area contributed by atoms with Gasteiger partial charge in [-0.25, -0.2) is 9.97 Å². The van der Waals surface area contributed by atoms with E-state index in [-0.39, 0.29) is 17.9 Å². The van der Waals surface area contributed by atoms with Crippen LogP contribution in [0.1, 0.15) is 28.9 Å². The summed E-state index contributed by atoms with van der Waals surface area (Å²) in [5.41, 5.74) is 8.42. The molecule has 4 N–H and O–H groups in total. The van der Waals surface area contributed by atoms with Crippen LogP contribution in [0.15, 0.2) is 47.0 Å². The van der Waals surface area contributed by atoms with Gasteiger partial charge in [-0.05, 0) is 31.0 Å². The number of hydrogen-bond donors (Lipinski definition) is 3. The molecule has 3 heterocycles. The molecule has 9 nitrogen and oxygen atoms in total. The van der Waals surface area contributed by atoms with Crippen LogP contribution in [0.2, 0.25) is 0 Å². The predicted molar refractivity (Wildman–Crippen MR) is 119 cm³/mol. The first-order valence-corrected chi connectivity index (χ1v) is 10.5. The second-order valence-electron chi connectivity index (χ2n) is 7.07. The van der Waals surface area contributed by atoms with Crippen LogP contribution in [0.3, 0.4) is 0 Å². The summed E-state index contributed by atoms with van der Waals surface area (Å²) in [5, 5.41) is 5.58. The number of H-pyrrole nitrogens is 1. The Morgan fingerprint density at radius 1 is 1.32 bits per heavy atom. The Balaban J connectivity index is 1.34. The zero-order valence-electron chi connectivity index (χ0n) is 16.7. The summed E-state index contributed by atoms with van der Waals surface area (Å²) >= 11 is 1.29. The number of nitrogens with zero attached hydrogens (tertiary/aromatic N) is 3. The summed E-state index contributed by atoms with van der Waals surface area (Å²) in [6.07, 6.45) is 3.89. The number of amides is 2. The van der Waals surface area contributed by atoms with Crippen LogP contribution >= 0.6 is 11.3 Å². The zero-order chi connectivity index (χ0) is 22.0. The first-order chi connectivity index (χ1) is 14.9. The van der Waals surface area contributed by atoms with Crippen molar-refractivity contribution in [2.24, 2.45) is 5.73 Å². The molecule has 0 aliphatic heterocycles. The minimum Gasteiger partial charge on any atom is -0.364 e. The van der Waals surface area contributed by atoms with Crippen LogP contribution in [0, 0.1) is 6.92 Å². The summed E-state index contributed by atoms with van der Waals surface area (Å²) < 4.78 is 1.53. The number of hydrogen-bond acceptors (Lipinski definition) is 6. The van der Waals surface area contributed by atoms with Crippen molar-refractivity contribution >= 4 is 39.2 Å². The molecular weight excluding hydrogens is 416 g/mol. The number of carbonyl (C=O) groups excluding carboxylic acids is 2. The van der Waals surface area contributed by atoms with Gasteiger partial charge in [-0.15, -0.1) is 11.3 Å². The molecule has 0 saturated carbocycles. The van der Waals surface area contributed by atoms with Gasteiger partial charge in [0.25, 0.3) is 11.5 Å². The highest BCUT2D eigenvalue weighted by Gasteiger charge is 2.12. The average Bonchev–Trinajstić information content (AvgIpc) is 3.40. The Labute approximate surface area is 181 Å². The van der Waals surface area contributed by atoms with Crippen LogP contribution in [0.5, 0.6) is 0 Å². The maximum Gasteiger partial charge on any atom is 0.265 e. The van der Waals surface area contributed by atoms with E-state index < -0.39 is 5.91 Å². The van der Waals surface area contributed by atoms with Gasteiger partial charge in [0.1, 0.15) is 5.69 Å². The van der Waals surface area contributed by atoms with Gasteiger partial charge in [0.05, 0.1) is 22.9 Å². The predicted octanol–water partition coefficient (Wildman–Crippen LogP) is 2.67. The molecule has 0 unspecified atom stereocenters. The second kappa shape index (κ2) is 8.52. The minimum atomic E-state index is -0.550. The van der Waals surface area contributed by atoms with Crippen LogP contribution in [-0.2, 0) is 11.3 Å². The molecule has 0 atom stereocenters. The molecule has 0 spiro atoms. The molecule has 4 rings (SSSR count). The maximum absolute atomic E-state index is 12.6. The molecule has 0 aliphatic rings. The van der Waals surface area contributed by atoms with Gasteiger partial charge in [0.15, 0.2) is 5.13 Å². The Hall–Kier alpha value is -3.79. The van der Waals surface area contributed by atoms with E-state index in [1.165, 1.54) is 22.2 Å². The van der Waals surface area contributed by atoms with Gasteiger partial charge in [0.2, 0.25) is 5.91 Å². The number of thiazole rings is 1. The number of anilines is 1. The van der Waals surface area contributed by atoms with E-state index in [1.54, 1.807) is 23.7 Å². The number of para-hydroxylation sites is 1. The van der Waals surface area contributed by atoms with Gasteiger partial charge >= 0.3 is 0 Å². The summed E-state index contributed by atoms with van der Waals surface area (Å²) in [5.74, 6) is -0.740. The summed E-state index contributed by atoms with van der Waals surface area (Å²) in [6, 6.07) is 7.13. The SMILES string of the molecule is Cc1cccc2c(=O)n(CCCC(=O)Nc3nc(-c4c[nH]c(C(N)=O)c4)cs3)cnc12. The maximum atomic E-state index is 12.6. The number of fused-ring (bicyclic) bond motifs is 1. The van der Waals surface area contributed by atoms with Crippen LogP contribution < -0.4 is 16.6 Å². The number of rotatable bonds is 7. The van der Waals surface area contributed by atoms with Crippen molar-refractivity contribution in [2.45, 2.75) is 26.3 Å². The highest BCUT2D eigenvalue weighted by Crippen LogP contribution is 2.25. The van der Waals surface area contributed by atoms with Gasteiger partial charge < -0.3 is 16.0 Å². The Morgan fingerprint density at radius 3 is 2.94 bits per heavy atom. The van der Waals surface area contributed by atoms with Gasteiger partial charge in [-0.2, -0.15) is 0 Å². The lowest BCUT2D eigenvalue weighted by Crippen LogP contribution is -2.22. The third-order valence-electron chi connectivity index (χ3n) is 4.85. The molecule has 31 heavy (non-hydrogen) atoms. The number of nitrogens with two attached hydrogens (primary N) is 1. The average molecular weight is 436 g/mol. The molecule has 4 aromatic rings. The third-order valence-corrected chi connectivity index (χ3v) is 5.61. The monoisotopic (exact) mass is 436 g/mol. The second-order valence-corrected chi connectivity index (χ2v) is 7.93. The Kier molecular flexibility index (Phi) is 5.63. The number of aryl methyl sites for hydroxylation is 2. The molecular formula is C21H20N6O3S. The number of primary amides is 1. The first kappa shape index (κ1) is 20.5. The van der Waals surface area contributed by atoms with Crippen molar-refractivity contribution in [3.8, 4) is 11.3 Å². The Bertz CT molecular complexity index is 1340. The fraction of sp³-hybridized carbons (Fsp3) is 0.190. The number of carbonyl (C=O) groups is 2. The van der Waals surface area contributed by atoms with Crippen molar-refractivity contribution in [2.75, 3.05) is 5.32 Å². The summed E-state index contributed by atoms with van der Waals surface area (Å²) in [7, 11) is 0. The molecule has 0 bridgehead atoms. The van der Waals surface area contributed by atoms with Gasteiger partial charge in [0, 0.05) is 30.1 Å². The van der Waals surface area contributed by atoms with E-state index in [1.807, 2.05) is 19.1 Å². The molecule has 158 valence electrons. The smallest absolute Gasteiger partial charge is 0.265 e. The lowest BCUT2D eigenvalue weighted by atomic mass is 10.1. The number of nitrogens with one attached hydrogen (secondary N) is 2. The van der Waals surface area contributed by atoms with Crippen LogP contribution in [-0.4, -0.2) is 31.3 Å². The fourth-order valence-corrected chi connectivity index (χ4v) is 3.97. The standard InChI is InChI=1S/C21H20N6O3S/c1-12-4-2-5-14-18(12)24-11-27(20(14)30)7-3-6-17(28)26-21-25-16(10-31-21)13-8-15(19(22)29)23-9-13/h2,4-5,8-11,23H,3,6-7H2,1H3,(H2,22,29)(H,25,26,28). The van der Waals surface area contributed by atoms with E-state index in [0.717, 1.165) is 5.56 Å². The van der Waals surface area contributed by atoms with E-state index in [9.17, 15) is 14.4 Å². The van der Waals surface area contributed by atoms with Crippen molar-refractivity contribution in [3.05, 3.63) is 63.8 Å². The van der Waals surface area contributed by atoms with Crippen molar-refractivity contribution in [1.82, 2.24) is 19.5 Å². The van der Waals surface area contributed by atoms with Gasteiger partial charge in [-0.3, -0.25) is 19.0 Å². The van der Waals surface area contributed by atoms with Crippen LogP contribution in [0.25, 0.3) is 22.2 Å². The summed E-state index contributed by atoms with van der Waals surface area (Å²) in [6.45, 7) is 2.31. The molecule has 0 aliphatic carbocycles. The molecule has 0 radical (unpaired) electrons. The molecule has 0 fully saturated rings. The molecule has 3 aromatic heterocycles. The molecule has 10 heteroatoms. The molecule has 0 saturated heterocycles. The highest BCUT2D eigenvalue weighted by atomic mass is 32.1. The topological polar surface area (TPSA) is 136 Å². The number of benzene rings is 1. The van der Waals surface area contributed by atoms with Crippen molar-refractivity contribution in [3.63, 3.8) is 0 Å². The van der Waals surface area contributed by atoms with Crippen molar-refractivity contribution in [1.29, 1.82) is 0 Å². The van der Waals surface area contributed by atoms with E-state index >= 15 is 0 Å². The lowest BCUT2D eigenvalue weighted by molar-refractivity contribution is -0.116. The fourth-order valence-electron chi connectivity index (χ4n) is 3.24. The van der Waals surface area contributed by atoms with Crippen LogP contribution in [0.4, 0.5) is 5.13 Å². The van der Waals surface area contributed by atoms with E-state index in [4.69, 9.17) is 5.73 Å². The number of aromatic nitrogens is 4. The lowest BCUT2D eigenvalue weighted by Gasteiger charge is -2.07. The summed E-state index contributed by atoms with van der Waals surface area (Å²) in [4.78, 5) is 47.6. The number of aromatic amines is 1. The minimum absolute atomic E-state index is 0.111. The first-order valence-electron chi connectivity index (χ1n) is 9.61. The quantitative estimate of drug-likeness (QED) is 0.409. The Morgan fingerprint density at radius 2 is 2.16 bits per heavy atom. The molecule has 1 aromatic carbocycles. The van der Waals surface area contributed by atoms with E-state index in [0.29, 0.717) is 46.0 Å². The highest BCUT2D eigenvalue weighted by molar-refractivity contribution is 7.14. The largest absolute Gasteiger partial charge is 0.364 e. The van der Waals surface area contributed by atoms with E-state index in [2.05, 4.69) is 20.3 Å². The zero-order valence-corrected chi connectivity index (χ0v) is 17.5. The molecule has 2 amide bonds. The third kappa shape index (κ3) is 4.38. The van der Waals surface area contributed by atoms with Gasteiger partial charge in [-0.1, -0.05) is 12.1 Å². The normalized spacial score (nSPS) is 11.0. The van der Waals surface area contributed by atoms with Crippen molar-refractivity contribution < 1.29 is 9.59 Å².